The van der Waals surface area contributed by atoms with Crippen LogP contribution in [0.15, 0.2) is 0 Å². The Bertz CT molecular complexity index is 291. The van der Waals surface area contributed by atoms with Crippen molar-refractivity contribution >= 4 is 0 Å². The Morgan fingerprint density at radius 1 is 1.14 bits per heavy atom. The summed E-state index contributed by atoms with van der Waals surface area (Å²) in [5.41, 5.74) is 0. The lowest BCUT2D eigenvalue weighted by Gasteiger charge is -2.41. The molecule has 1 saturated carbocycles. The van der Waals surface area contributed by atoms with Crippen LogP contribution in [0.3, 0.4) is 0 Å². The normalized spacial score (nSPS) is 29.6. The van der Waals surface area contributed by atoms with Crippen LogP contribution in [0.5, 0.6) is 0 Å². The number of hydrogen-bond donors (Lipinski definition) is 2. The Hall–Kier alpha value is -0.120. The molecule has 130 valence electrons. The molecule has 3 nitrogen and oxygen atoms in total. The molecule has 0 radical (unpaired) electrons. The number of piperidine rings is 1. The minimum Gasteiger partial charge on any atom is -0.396 e. The Morgan fingerprint density at radius 3 is 2.59 bits per heavy atom. The lowest BCUT2D eigenvalue weighted by Crippen LogP contribution is -2.52. The van der Waals surface area contributed by atoms with Crippen LogP contribution in [0.1, 0.15) is 71.6 Å². The van der Waals surface area contributed by atoms with Gasteiger partial charge in [-0.1, -0.05) is 26.2 Å². The van der Waals surface area contributed by atoms with Crippen molar-refractivity contribution in [3.8, 4) is 0 Å². The molecule has 2 fully saturated rings. The van der Waals surface area contributed by atoms with Gasteiger partial charge < -0.3 is 10.4 Å². The van der Waals surface area contributed by atoms with E-state index in [1.165, 1.54) is 71.0 Å². The molecule has 0 amide bonds. The zero-order valence-electron chi connectivity index (χ0n) is 14.9. The Kier molecular flexibility index (Phi) is 8.19. The summed E-state index contributed by atoms with van der Waals surface area (Å²) in [7, 11) is 0. The highest BCUT2D eigenvalue weighted by Crippen LogP contribution is 2.26. The van der Waals surface area contributed by atoms with E-state index >= 15 is 0 Å². The number of aliphatic hydroxyl groups excluding tert-OH is 1. The van der Waals surface area contributed by atoms with Gasteiger partial charge in [0.2, 0.25) is 0 Å². The lowest BCUT2D eigenvalue weighted by atomic mass is 9.87. The molecule has 3 heteroatoms. The fourth-order valence-corrected chi connectivity index (χ4v) is 4.32. The van der Waals surface area contributed by atoms with Crippen LogP contribution in [0.2, 0.25) is 0 Å². The molecule has 0 aromatic rings. The van der Waals surface area contributed by atoms with Crippen molar-refractivity contribution in [1.82, 2.24) is 10.2 Å². The van der Waals surface area contributed by atoms with Crippen molar-refractivity contribution in [3.05, 3.63) is 0 Å². The van der Waals surface area contributed by atoms with Gasteiger partial charge in [-0.3, -0.25) is 4.90 Å². The molecular weight excluding hydrogens is 272 g/mol. The summed E-state index contributed by atoms with van der Waals surface area (Å²) in [6.45, 7) is 8.69. The van der Waals surface area contributed by atoms with Gasteiger partial charge in [0, 0.05) is 31.8 Å². The van der Waals surface area contributed by atoms with E-state index in [-0.39, 0.29) is 0 Å². The van der Waals surface area contributed by atoms with Crippen LogP contribution in [0.25, 0.3) is 0 Å². The molecule has 0 aromatic carbocycles. The molecule has 1 saturated heterocycles. The van der Waals surface area contributed by atoms with Gasteiger partial charge >= 0.3 is 0 Å². The van der Waals surface area contributed by atoms with E-state index in [1.54, 1.807) is 0 Å². The molecule has 2 N–H and O–H groups in total. The average molecular weight is 311 g/mol. The maximum atomic E-state index is 9.13. The maximum Gasteiger partial charge on any atom is 0.0431 e. The first-order valence-electron chi connectivity index (χ1n) is 9.81. The van der Waals surface area contributed by atoms with Crippen LogP contribution >= 0.6 is 0 Å². The highest BCUT2D eigenvalue weighted by atomic mass is 16.2. The molecule has 2 aliphatic rings. The number of hydrogen-bond acceptors (Lipinski definition) is 3. The highest BCUT2D eigenvalue weighted by molar-refractivity contribution is 4.86. The molecule has 22 heavy (non-hydrogen) atoms. The van der Waals surface area contributed by atoms with Gasteiger partial charge in [-0.2, -0.15) is 0 Å². The van der Waals surface area contributed by atoms with E-state index in [1.807, 2.05) is 0 Å². The van der Waals surface area contributed by atoms with Gasteiger partial charge in [0.15, 0.2) is 0 Å². The van der Waals surface area contributed by atoms with Crippen molar-refractivity contribution in [1.29, 1.82) is 0 Å². The number of rotatable bonds is 8. The third-order valence-corrected chi connectivity index (χ3v) is 5.97. The van der Waals surface area contributed by atoms with Gasteiger partial charge in [0.1, 0.15) is 0 Å². The van der Waals surface area contributed by atoms with Crippen LogP contribution in [-0.2, 0) is 0 Å². The molecular formula is C19H38N2O. The standard InChI is InChI=1S/C19H38N2O/c1-3-16(2)21-14-18(10-7-11-22)12-19(15-21)20-13-17-8-5-4-6-9-17/h16-20,22H,3-15H2,1-2H3. The first-order chi connectivity index (χ1) is 10.7. The topological polar surface area (TPSA) is 35.5 Å². The fraction of sp³-hybridized carbons (Fsp3) is 1.00. The summed E-state index contributed by atoms with van der Waals surface area (Å²) < 4.78 is 0. The summed E-state index contributed by atoms with van der Waals surface area (Å²) in [5, 5.41) is 13.0. The average Bonchev–Trinajstić information content (AvgIpc) is 2.58. The number of likely N-dealkylation sites (tertiary alicyclic amines) is 1. The van der Waals surface area contributed by atoms with E-state index < -0.39 is 0 Å². The minimum atomic E-state index is 0.347. The second-order valence-electron chi connectivity index (χ2n) is 7.79. The highest BCUT2D eigenvalue weighted by Gasteiger charge is 2.29. The lowest BCUT2D eigenvalue weighted by molar-refractivity contribution is 0.0923. The number of nitrogens with zero attached hydrogens (tertiary/aromatic N) is 1. The first kappa shape index (κ1) is 18.2. The number of aliphatic hydroxyl groups is 1. The molecule has 1 aliphatic carbocycles. The molecule has 0 spiro atoms. The molecule has 2 rings (SSSR count). The Balaban J connectivity index is 1.81. The zero-order chi connectivity index (χ0) is 15.8. The summed E-state index contributed by atoms with van der Waals surface area (Å²) >= 11 is 0. The van der Waals surface area contributed by atoms with Gasteiger partial charge in [-0.15, -0.1) is 0 Å². The van der Waals surface area contributed by atoms with Crippen LogP contribution in [-0.4, -0.2) is 48.3 Å². The summed E-state index contributed by atoms with van der Waals surface area (Å²) in [6.07, 6.45) is 11.9. The quantitative estimate of drug-likeness (QED) is 0.721. The minimum absolute atomic E-state index is 0.347. The van der Waals surface area contributed by atoms with Crippen molar-refractivity contribution in [2.45, 2.75) is 83.7 Å². The predicted molar refractivity (Wildman–Crippen MR) is 94.1 cm³/mol. The largest absolute Gasteiger partial charge is 0.396 e. The fourth-order valence-electron chi connectivity index (χ4n) is 4.32. The predicted octanol–water partition coefficient (Wildman–Crippen LogP) is 3.42. The first-order valence-corrected chi connectivity index (χ1v) is 9.81. The van der Waals surface area contributed by atoms with E-state index in [0.29, 0.717) is 18.7 Å². The van der Waals surface area contributed by atoms with Gasteiger partial charge in [-0.05, 0) is 63.8 Å². The summed E-state index contributed by atoms with van der Waals surface area (Å²) in [5.74, 6) is 1.68. The van der Waals surface area contributed by atoms with Crippen molar-refractivity contribution < 1.29 is 5.11 Å². The van der Waals surface area contributed by atoms with Gasteiger partial charge in [-0.25, -0.2) is 0 Å². The molecule has 0 bridgehead atoms. The van der Waals surface area contributed by atoms with E-state index in [0.717, 1.165) is 18.3 Å². The van der Waals surface area contributed by atoms with Crippen LogP contribution in [0, 0.1) is 11.8 Å². The third-order valence-electron chi connectivity index (χ3n) is 5.97. The molecule has 3 unspecified atom stereocenters. The van der Waals surface area contributed by atoms with Crippen molar-refractivity contribution in [3.63, 3.8) is 0 Å². The molecule has 0 aromatic heterocycles. The molecule has 3 atom stereocenters. The van der Waals surface area contributed by atoms with E-state index in [2.05, 4.69) is 24.1 Å². The van der Waals surface area contributed by atoms with Crippen molar-refractivity contribution in [2.24, 2.45) is 11.8 Å². The van der Waals surface area contributed by atoms with Gasteiger partial charge in [0.25, 0.3) is 0 Å². The second-order valence-corrected chi connectivity index (χ2v) is 7.79. The third kappa shape index (κ3) is 5.82. The second kappa shape index (κ2) is 9.89. The van der Waals surface area contributed by atoms with E-state index in [9.17, 15) is 0 Å². The molecule has 1 heterocycles. The Morgan fingerprint density at radius 2 is 1.91 bits per heavy atom. The van der Waals surface area contributed by atoms with Crippen LogP contribution < -0.4 is 5.32 Å². The van der Waals surface area contributed by atoms with E-state index in [4.69, 9.17) is 5.11 Å². The smallest absolute Gasteiger partial charge is 0.0431 e. The zero-order valence-corrected chi connectivity index (χ0v) is 14.9. The number of nitrogens with one attached hydrogen (secondary N) is 1. The SMILES string of the molecule is CCC(C)N1CC(CCCO)CC(NCC2CCCCC2)C1. The van der Waals surface area contributed by atoms with Crippen molar-refractivity contribution in [2.75, 3.05) is 26.2 Å². The van der Waals surface area contributed by atoms with Gasteiger partial charge in [0.05, 0.1) is 0 Å². The maximum absolute atomic E-state index is 9.13. The summed E-state index contributed by atoms with van der Waals surface area (Å²) in [4.78, 5) is 2.68. The monoisotopic (exact) mass is 310 g/mol. The molecule has 1 aliphatic heterocycles. The summed E-state index contributed by atoms with van der Waals surface area (Å²) in [6, 6.07) is 1.35. The van der Waals surface area contributed by atoms with Crippen LogP contribution in [0.4, 0.5) is 0 Å². The Labute approximate surface area is 137 Å².